The van der Waals surface area contributed by atoms with Crippen LogP contribution >= 0.6 is 23.4 Å². The molecule has 3 aromatic rings. The molecule has 3 rings (SSSR count). The van der Waals surface area contributed by atoms with Crippen molar-refractivity contribution in [2.75, 3.05) is 12.4 Å². The first-order chi connectivity index (χ1) is 13.1. The minimum Gasteiger partial charge on any atom is -0.497 e. The lowest BCUT2D eigenvalue weighted by molar-refractivity contribution is 0.414. The van der Waals surface area contributed by atoms with Gasteiger partial charge in [-0.15, -0.1) is 10.2 Å². The van der Waals surface area contributed by atoms with Gasteiger partial charge in [0.2, 0.25) is 5.82 Å². The number of hydrogen-bond donors (Lipinski definition) is 1. The van der Waals surface area contributed by atoms with Gasteiger partial charge in [0.15, 0.2) is 5.16 Å². The highest BCUT2D eigenvalue weighted by Crippen LogP contribution is 2.24. The molecule has 0 radical (unpaired) electrons. The van der Waals surface area contributed by atoms with Crippen molar-refractivity contribution in [3.63, 3.8) is 0 Å². The molecule has 1 aromatic heterocycles. The molecule has 140 valence electrons. The molecule has 0 unspecified atom stereocenters. The van der Waals surface area contributed by atoms with E-state index in [-0.39, 0.29) is 11.4 Å². The minimum absolute atomic E-state index is 0.152. The number of hydrogen-bond acceptors (Lipinski definition) is 6. The third kappa shape index (κ3) is 4.61. The van der Waals surface area contributed by atoms with Gasteiger partial charge in [0.05, 0.1) is 17.8 Å². The fourth-order valence-electron chi connectivity index (χ4n) is 2.43. The number of nitrogens with zero attached hydrogens (tertiary/aromatic N) is 3. The van der Waals surface area contributed by atoms with Crippen LogP contribution in [-0.4, -0.2) is 21.9 Å². The molecular formula is C19H19ClN4O2S. The van der Waals surface area contributed by atoms with Crippen LogP contribution in [0.4, 0.5) is 11.5 Å². The maximum Gasteiger partial charge on any atom is 0.297 e. The van der Waals surface area contributed by atoms with Crippen LogP contribution in [0, 0.1) is 0 Å². The maximum absolute atomic E-state index is 12.8. The number of thioether (sulfide) groups is 1. The van der Waals surface area contributed by atoms with Crippen molar-refractivity contribution in [3.8, 4) is 5.75 Å². The summed E-state index contributed by atoms with van der Waals surface area (Å²) >= 11 is 7.60. The molecule has 0 fully saturated rings. The summed E-state index contributed by atoms with van der Waals surface area (Å²) in [6, 6.07) is 15.0. The predicted octanol–water partition coefficient (Wildman–Crippen LogP) is 4.36. The smallest absolute Gasteiger partial charge is 0.297 e. The summed E-state index contributed by atoms with van der Waals surface area (Å²) in [6.45, 7) is 2.40. The van der Waals surface area contributed by atoms with Gasteiger partial charge in [0.1, 0.15) is 5.75 Å². The van der Waals surface area contributed by atoms with Crippen molar-refractivity contribution in [3.05, 3.63) is 69.5 Å². The Kier molecular flexibility index (Phi) is 6.36. The predicted molar refractivity (Wildman–Crippen MR) is 109 cm³/mol. The Balaban J connectivity index is 1.79. The maximum atomic E-state index is 12.8. The molecule has 0 bridgehead atoms. The SMILES string of the molecule is CCn1c(SCc2ccc(OC)cc2)nnc(Nc2ccccc2Cl)c1=O. The quantitative estimate of drug-likeness (QED) is 0.592. The fraction of sp³-hybridized carbons (Fsp3) is 0.211. The molecule has 0 spiro atoms. The average Bonchev–Trinajstić information content (AvgIpc) is 2.70. The summed E-state index contributed by atoms with van der Waals surface area (Å²) in [5.74, 6) is 1.64. The van der Waals surface area contributed by atoms with Gasteiger partial charge in [-0.3, -0.25) is 9.36 Å². The van der Waals surface area contributed by atoms with Crippen LogP contribution in [0.3, 0.4) is 0 Å². The fourth-order valence-corrected chi connectivity index (χ4v) is 3.57. The van der Waals surface area contributed by atoms with E-state index >= 15 is 0 Å². The zero-order valence-electron chi connectivity index (χ0n) is 15.0. The van der Waals surface area contributed by atoms with Crippen LogP contribution in [-0.2, 0) is 12.3 Å². The van der Waals surface area contributed by atoms with Crippen molar-refractivity contribution in [2.45, 2.75) is 24.4 Å². The molecular weight excluding hydrogens is 384 g/mol. The summed E-state index contributed by atoms with van der Waals surface area (Å²) in [4.78, 5) is 12.8. The molecule has 0 atom stereocenters. The Morgan fingerprint density at radius 1 is 1.15 bits per heavy atom. The van der Waals surface area contributed by atoms with E-state index in [1.807, 2.05) is 43.3 Å². The molecule has 0 saturated heterocycles. The molecule has 1 N–H and O–H groups in total. The molecule has 0 amide bonds. The monoisotopic (exact) mass is 402 g/mol. The summed E-state index contributed by atoms with van der Waals surface area (Å²) in [5, 5.41) is 12.4. The largest absolute Gasteiger partial charge is 0.497 e. The number of para-hydroxylation sites is 1. The second-order valence-electron chi connectivity index (χ2n) is 5.62. The van der Waals surface area contributed by atoms with E-state index < -0.39 is 0 Å². The van der Waals surface area contributed by atoms with Crippen LogP contribution < -0.4 is 15.6 Å². The van der Waals surface area contributed by atoms with Gasteiger partial charge >= 0.3 is 0 Å². The van der Waals surface area contributed by atoms with Crippen molar-refractivity contribution in [2.24, 2.45) is 0 Å². The highest BCUT2D eigenvalue weighted by atomic mass is 35.5. The summed E-state index contributed by atoms with van der Waals surface area (Å²) in [7, 11) is 1.64. The van der Waals surface area contributed by atoms with Gasteiger partial charge in [-0.05, 0) is 36.8 Å². The molecule has 0 saturated carbocycles. The highest BCUT2D eigenvalue weighted by molar-refractivity contribution is 7.98. The molecule has 8 heteroatoms. The van der Waals surface area contributed by atoms with Crippen molar-refractivity contribution < 1.29 is 4.74 Å². The number of aromatic nitrogens is 3. The van der Waals surface area contributed by atoms with Crippen LogP contribution in [0.25, 0.3) is 0 Å². The topological polar surface area (TPSA) is 69.0 Å². The minimum atomic E-state index is -0.232. The van der Waals surface area contributed by atoms with E-state index in [1.54, 1.807) is 23.8 Å². The Morgan fingerprint density at radius 2 is 1.89 bits per heavy atom. The average molecular weight is 403 g/mol. The van der Waals surface area contributed by atoms with E-state index in [0.717, 1.165) is 11.3 Å². The lowest BCUT2D eigenvalue weighted by atomic mass is 10.2. The number of benzene rings is 2. The van der Waals surface area contributed by atoms with E-state index in [0.29, 0.717) is 28.2 Å². The second kappa shape index (κ2) is 8.92. The third-order valence-corrected chi connectivity index (χ3v) is 5.25. The van der Waals surface area contributed by atoms with Gasteiger partial charge < -0.3 is 10.1 Å². The Morgan fingerprint density at radius 3 is 2.56 bits per heavy atom. The van der Waals surface area contributed by atoms with E-state index in [9.17, 15) is 4.79 Å². The molecule has 2 aromatic carbocycles. The van der Waals surface area contributed by atoms with E-state index in [4.69, 9.17) is 16.3 Å². The normalized spacial score (nSPS) is 10.6. The molecule has 0 aliphatic rings. The first-order valence-corrected chi connectivity index (χ1v) is 9.73. The number of methoxy groups -OCH3 is 1. The molecule has 27 heavy (non-hydrogen) atoms. The van der Waals surface area contributed by atoms with Gasteiger partial charge in [-0.25, -0.2) is 0 Å². The third-order valence-electron chi connectivity index (χ3n) is 3.88. The van der Waals surface area contributed by atoms with Crippen molar-refractivity contribution in [1.29, 1.82) is 0 Å². The first kappa shape index (κ1) is 19.3. The Hall–Kier alpha value is -2.51. The standard InChI is InChI=1S/C19H19ClN4O2S/c1-3-24-18(25)17(21-16-7-5-4-6-15(16)20)22-23-19(24)27-12-13-8-10-14(26-2)11-9-13/h4-11H,3,12H2,1-2H3,(H,21,22). The van der Waals surface area contributed by atoms with Gasteiger partial charge in [0.25, 0.3) is 5.56 Å². The van der Waals surface area contributed by atoms with Crippen molar-refractivity contribution in [1.82, 2.24) is 14.8 Å². The Bertz CT molecular complexity index is 976. The summed E-state index contributed by atoms with van der Waals surface area (Å²) < 4.78 is 6.76. The van der Waals surface area contributed by atoms with Crippen LogP contribution in [0.5, 0.6) is 5.75 Å². The van der Waals surface area contributed by atoms with Gasteiger partial charge in [-0.2, -0.15) is 0 Å². The molecule has 6 nitrogen and oxygen atoms in total. The van der Waals surface area contributed by atoms with Gasteiger partial charge in [0, 0.05) is 12.3 Å². The second-order valence-corrected chi connectivity index (χ2v) is 6.97. The highest BCUT2D eigenvalue weighted by Gasteiger charge is 2.13. The molecule has 0 aliphatic carbocycles. The number of rotatable bonds is 7. The number of ether oxygens (including phenoxy) is 1. The zero-order chi connectivity index (χ0) is 19.2. The molecule has 1 heterocycles. The van der Waals surface area contributed by atoms with Crippen LogP contribution in [0.15, 0.2) is 58.5 Å². The van der Waals surface area contributed by atoms with Crippen molar-refractivity contribution >= 4 is 34.9 Å². The first-order valence-electron chi connectivity index (χ1n) is 8.37. The molecule has 0 aliphatic heterocycles. The lowest BCUT2D eigenvalue weighted by Gasteiger charge is -2.12. The number of nitrogens with one attached hydrogen (secondary N) is 1. The van der Waals surface area contributed by atoms with E-state index in [1.165, 1.54) is 11.8 Å². The zero-order valence-corrected chi connectivity index (χ0v) is 16.5. The number of anilines is 2. The van der Waals surface area contributed by atoms with Gasteiger partial charge in [-0.1, -0.05) is 47.6 Å². The summed E-state index contributed by atoms with van der Waals surface area (Å²) in [5.41, 5.74) is 1.49. The lowest BCUT2D eigenvalue weighted by Crippen LogP contribution is -2.26. The van der Waals surface area contributed by atoms with Crippen LogP contribution in [0.2, 0.25) is 5.02 Å². The summed E-state index contributed by atoms with van der Waals surface area (Å²) in [6.07, 6.45) is 0. The van der Waals surface area contributed by atoms with Crippen LogP contribution in [0.1, 0.15) is 12.5 Å². The number of halogens is 1. The van der Waals surface area contributed by atoms with E-state index in [2.05, 4.69) is 15.5 Å². The Labute approximate surface area is 166 Å².